The number of rotatable bonds is 6. The third-order valence-electron chi connectivity index (χ3n) is 4.48. The summed E-state index contributed by atoms with van der Waals surface area (Å²) >= 11 is 0. The van der Waals surface area contributed by atoms with Gasteiger partial charge in [0.2, 0.25) is 17.1 Å². The molecule has 0 spiro atoms. The number of nitrogens with two attached hydrogens (primary N) is 1. The first-order chi connectivity index (χ1) is 12.9. The largest absolute Gasteiger partial charge is 0.508 e. The van der Waals surface area contributed by atoms with Crippen LogP contribution in [0.15, 0.2) is 39.5 Å². The highest BCUT2D eigenvalue weighted by atomic mass is 16.5. The van der Waals surface area contributed by atoms with Crippen LogP contribution < -0.4 is 11.2 Å². The van der Waals surface area contributed by atoms with Gasteiger partial charge in [-0.15, -0.1) is 0 Å². The van der Waals surface area contributed by atoms with Crippen LogP contribution >= 0.6 is 0 Å². The Morgan fingerprint density at radius 2 is 1.96 bits per heavy atom. The first-order valence-corrected chi connectivity index (χ1v) is 8.67. The van der Waals surface area contributed by atoms with Gasteiger partial charge in [0.05, 0.1) is 25.7 Å². The van der Waals surface area contributed by atoms with Crippen LogP contribution in [0.4, 0.5) is 0 Å². The number of aromatic hydroxyl groups is 2. The van der Waals surface area contributed by atoms with Gasteiger partial charge in [0.1, 0.15) is 11.5 Å². The molecule has 1 saturated heterocycles. The maximum Gasteiger partial charge on any atom is 0.227 e. The molecule has 144 valence electrons. The number of benzene rings is 1. The highest BCUT2D eigenvalue weighted by molar-refractivity contribution is 5.75. The molecule has 1 aromatic heterocycles. The van der Waals surface area contributed by atoms with Crippen molar-refractivity contribution in [3.63, 3.8) is 0 Å². The van der Waals surface area contributed by atoms with Gasteiger partial charge < -0.3 is 25.1 Å². The lowest BCUT2D eigenvalue weighted by atomic mass is 9.91. The van der Waals surface area contributed by atoms with E-state index in [1.165, 1.54) is 18.2 Å². The zero-order chi connectivity index (χ0) is 19.4. The summed E-state index contributed by atoms with van der Waals surface area (Å²) < 4.78 is 11.1. The first kappa shape index (κ1) is 18.9. The summed E-state index contributed by atoms with van der Waals surface area (Å²) in [5.74, 6) is -1.63. The van der Waals surface area contributed by atoms with Crippen molar-refractivity contribution in [2.24, 2.45) is 5.73 Å². The summed E-state index contributed by atoms with van der Waals surface area (Å²) in [7, 11) is 0. The van der Waals surface area contributed by atoms with Crippen molar-refractivity contribution in [1.82, 2.24) is 4.90 Å². The van der Waals surface area contributed by atoms with E-state index in [-0.39, 0.29) is 17.9 Å². The number of hydrogen-bond donors (Lipinski definition) is 3. The van der Waals surface area contributed by atoms with E-state index < -0.39 is 23.0 Å². The molecule has 1 fully saturated rings. The average molecular weight is 374 g/mol. The van der Waals surface area contributed by atoms with Crippen LogP contribution in [-0.4, -0.2) is 47.3 Å². The Labute approximate surface area is 155 Å². The van der Waals surface area contributed by atoms with Crippen molar-refractivity contribution in [2.75, 3.05) is 26.3 Å². The van der Waals surface area contributed by atoms with E-state index in [1.807, 2.05) is 0 Å². The second kappa shape index (κ2) is 8.24. The van der Waals surface area contributed by atoms with Gasteiger partial charge in [0.15, 0.2) is 5.76 Å². The van der Waals surface area contributed by atoms with Crippen molar-refractivity contribution < 1.29 is 24.2 Å². The third-order valence-corrected chi connectivity index (χ3v) is 4.48. The maximum absolute atomic E-state index is 12.3. The number of nitrogens with zero attached hydrogens (tertiary/aromatic N) is 1. The lowest BCUT2D eigenvalue weighted by Crippen LogP contribution is -2.35. The number of ether oxygens (including phenoxy) is 1. The summed E-state index contributed by atoms with van der Waals surface area (Å²) in [5, 5.41) is 20.0. The zero-order valence-electron chi connectivity index (χ0n) is 14.8. The maximum atomic E-state index is 12.3. The molecular weight excluding hydrogens is 352 g/mol. The quantitative estimate of drug-likeness (QED) is 0.685. The van der Waals surface area contributed by atoms with Gasteiger partial charge in [-0.25, -0.2) is 0 Å². The third kappa shape index (κ3) is 4.66. The number of carbonyl (C=O) groups excluding carboxylic acids is 1. The number of amides is 1. The SMILES string of the molecule is NC(=O)C[C@H](c1cccc(O)c1)c1oc(CN2CCOCC2)cc(=O)c1O. The smallest absolute Gasteiger partial charge is 0.227 e. The van der Waals surface area contributed by atoms with Gasteiger partial charge in [-0.1, -0.05) is 12.1 Å². The Hall–Kier alpha value is -2.84. The van der Waals surface area contributed by atoms with E-state index in [0.29, 0.717) is 44.2 Å². The van der Waals surface area contributed by atoms with E-state index in [4.69, 9.17) is 14.9 Å². The summed E-state index contributed by atoms with van der Waals surface area (Å²) in [6.07, 6.45) is -0.180. The molecular formula is C19H22N2O6. The predicted octanol–water partition coefficient (Wildman–Crippen LogP) is 0.890. The number of hydrogen-bond acceptors (Lipinski definition) is 7. The fourth-order valence-electron chi connectivity index (χ4n) is 3.15. The van der Waals surface area contributed by atoms with Gasteiger partial charge in [0.25, 0.3) is 0 Å². The van der Waals surface area contributed by atoms with Gasteiger partial charge in [0, 0.05) is 25.6 Å². The molecule has 8 heteroatoms. The number of primary amides is 1. The molecule has 27 heavy (non-hydrogen) atoms. The summed E-state index contributed by atoms with van der Waals surface area (Å²) in [6.45, 7) is 3.00. The Morgan fingerprint density at radius 1 is 1.22 bits per heavy atom. The molecule has 1 atom stereocenters. The van der Waals surface area contributed by atoms with Crippen LogP contribution in [0, 0.1) is 0 Å². The second-order valence-electron chi connectivity index (χ2n) is 6.50. The normalized spacial score (nSPS) is 16.1. The van der Waals surface area contributed by atoms with E-state index in [2.05, 4.69) is 4.90 Å². The molecule has 0 bridgehead atoms. The van der Waals surface area contributed by atoms with Crippen LogP contribution in [0.25, 0.3) is 0 Å². The van der Waals surface area contributed by atoms with Crippen LogP contribution in [-0.2, 0) is 16.1 Å². The number of phenolic OH excluding ortho intramolecular Hbond substituents is 1. The minimum Gasteiger partial charge on any atom is -0.508 e. The topological polar surface area (TPSA) is 126 Å². The van der Waals surface area contributed by atoms with Crippen LogP contribution in [0.3, 0.4) is 0 Å². The van der Waals surface area contributed by atoms with Crippen molar-refractivity contribution in [1.29, 1.82) is 0 Å². The predicted molar refractivity (Wildman–Crippen MR) is 96.5 cm³/mol. The molecule has 1 aliphatic rings. The van der Waals surface area contributed by atoms with E-state index in [0.717, 1.165) is 0 Å². The van der Waals surface area contributed by atoms with Gasteiger partial charge >= 0.3 is 0 Å². The highest BCUT2D eigenvalue weighted by Gasteiger charge is 2.26. The second-order valence-corrected chi connectivity index (χ2v) is 6.50. The van der Waals surface area contributed by atoms with E-state index in [1.54, 1.807) is 12.1 Å². The molecule has 1 amide bonds. The molecule has 0 unspecified atom stereocenters. The van der Waals surface area contributed by atoms with Crippen LogP contribution in [0.2, 0.25) is 0 Å². The van der Waals surface area contributed by atoms with Crippen LogP contribution in [0.5, 0.6) is 11.5 Å². The van der Waals surface area contributed by atoms with Crippen LogP contribution in [0.1, 0.15) is 29.4 Å². The molecule has 8 nitrogen and oxygen atoms in total. The molecule has 0 radical (unpaired) electrons. The molecule has 1 aromatic carbocycles. The van der Waals surface area contributed by atoms with Gasteiger partial charge in [-0.05, 0) is 17.7 Å². The summed E-state index contributed by atoms with van der Waals surface area (Å²) in [6, 6.07) is 7.45. The Balaban J connectivity index is 1.99. The van der Waals surface area contributed by atoms with E-state index >= 15 is 0 Å². The van der Waals surface area contributed by atoms with Crippen molar-refractivity contribution in [3.8, 4) is 11.5 Å². The van der Waals surface area contributed by atoms with Crippen molar-refractivity contribution in [2.45, 2.75) is 18.9 Å². The number of carbonyl (C=O) groups is 1. The lowest BCUT2D eigenvalue weighted by molar-refractivity contribution is -0.118. The van der Waals surface area contributed by atoms with Gasteiger partial charge in [-0.2, -0.15) is 0 Å². The summed E-state index contributed by atoms with van der Waals surface area (Å²) in [4.78, 5) is 25.9. The molecule has 3 rings (SSSR count). The highest BCUT2D eigenvalue weighted by Crippen LogP contribution is 2.34. The Bertz CT molecular complexity index is 873. The number of phenols is 1. The fourth-order valence-corrected chi connectivity index (χ4v) is 3.15. The molecule has 0 saturated carbocycles. The number of morpholine rings is 1. The monoisotopic (exact) mass is 374 g/mol. The summed E-state index contributed by atoms with van der Waals surface area (Å²) in [5.41, 5.74) is 5.28. The molecule has 0 aliphatic carbocycles. The fraction of sp³-hybridized carbons (Fsp3) is 0.368. The van der Waals surface area contributed by atoms with Crippen molar-refractivity contribution in [3.05, 3.63) is 57.6 Å². The van der Waals surface area contributed by atoms with Crippen molar-refractivity contribution >= 4 is 5.91 Å². The average Bonchev–Trinajstić information content (AvgIpc) is 2.63. The van der Waals surface area contributed by atoms with E-state index in [9.17, 15) is 19.8 Å². The standard InChI is InChI=1S/C19H22N2O6/c20-17(24)10-15(12-2-1-3-13(22)8-12)19-18(25)16(23)9-14(27-19)11-21-4-6-26-7-5-21/h1-3,8-9,15,22,25H,4-7,10-11H2,(H2,20,24)/t15-/m1/s1. The van der Waals surface area contributed by atoms with Gasteiger partial charge in [-0.3, -0.25) is 14.5 Å². The Morgan fingerprint density at radius 3 is 2.63 bits per heavy atom. The lowest BCUT2D eigenvalue weighted by Gasteiger charge is -2.26. The molecule has 2 heterocycles. The minimum absolute atomic E-state index is 0.00622. The molecule has 2 aromatic rings. The minimum atomic E-state index is -0.785. The first-order valence-electron chi connectivity index (χ1n) is 8.67. The Kier molecular flexibility index (Phi) is 5.78. The molecule has 4 N–H and O–H groups in total. The zero-order valence-corrected chi connectivity index (χ0v) is 14.8. The molecule has 1 aliphatic heterocycles.